The molecule has 0 aromatic carbocycles. The Bertz CT molecular complexity index is 94.9. The van der Waals surface area contributed by atoms with Crippen LogP contribution in [0.4, 0.5) is 0 Å². The monoisotopic (exact) mass is 127 g/mol. The molecule has 0 rings (SSSR count). The van der Waals surface area contributed by atoms with Crippen molar-refractivity contribution < 1.29 is 0 Å². The van der Waals surface area contributed by atoms with Crippen molar-refractivity contribution in [3.8, 4) is 0 Å². The van der Waals surface area contributed by atoms with Crippen LogP contribution in [0.5, 0.6) is 0 Å². The molecule has 0 amide bonds. The molecule has 0 saturated carbocycles. The predicted octanol–water partition coefficient (Wildman–Crippen LogP) is 0.615. The third-order valence-corrected chi connectivity index (χ3v) is 0.808. The van der Waals surface area contributed by atoms with E-state index in [4.69, 9.17) is 0 Å². The largest absolute Gasteiger partial charge is 0.277 e. The number of allylic oxidation sites excluding steroid dienone is 1. The van der Waals surface area contributed by atoms with Crippen molar-refractivity contribution in [3.63, 3.8) is 0 Å². The van der Waals surface area contributed by atoms with Gasteiger partial charge in [-0.25, -0.2) is 5.43 Å². The Labute approximate surface area is 56.0 Å². The van der Waals surface area contributed by atoms with Gasteiger partial charge in [0.2, 0.25) is 0 Å². The van der Waals surface area contributed by atoms with Crippen molar-refractivity contribution in [3.05, 3.63) is 12.3 Å². The first-order valence-electron chi connectivity index (χ1n) is 2.86. The van der Waals surface area contributed by atoms with Crippen LogP contribution < -0.4 is 5.43 Å². The average Bonchev–Trinajstić information content (AvgIpc) is 1.88. The fraction of sp³-hybridized carbons (Fsp3) is 0.500. The first-order chi connectivity index (χ1) is 4.35. The van der Waals surface area contributed by atoms with Crippen LogP contribution in [0.15, 0.2) is 17.3 Å². The fourth-order valence-electron chi connectivity index (χ4n) is 0.456. The van der Waals surface area contributed by atoms with Crippen molar-refractivity contribution in [2.24, 2.45) is 4.99 Å². The maximum Gasteiger partial charge on any atom is 0.103 e. The summed E-state index contributed by atoms with van der Waals surface area (Å²) in [6.07, 6.45) is 5.51. The third kappa shape index (κ3) is 3.73. The number of nitrogens with zero attached hydrogens (tertiary/aromatic N) is 2. The topological polar surface area (TPSA) is 27.6 Å². The lowest BCUT2D eigenvalue weighted by molar-refractivity contribution is 0.465. The number of rotatable bonds is 3. The minimum Gasteiger partial charge on any atom is -0.277 e. The molecule has 0 radical (unpaired) electrons. The summed E-state index contributed by atoms with van der Waals surface area (Å²) in [5.74, 6) is 0. The van der Waals surface area contributed by atoms with E-state index in [0.29, 0.717) is 0 Å². The molecule has 0 atom stereocenters. The van der Waals surface area contributed by atoms with E-state index in [1.807, 2.05) is 26.2 Å². The molecule has 3 heteroatoms. The highest BCUT2D eigenvalue weighted by atomic mass is 15.5. The standard InChI is InChI=1S/C6H13N3/c1-4-5-9(8-3)6-7-2/h4-6,8H,1-3H3. The first-order valence-corrected chi connectivity index (χ1v) is 2.86. The van der Waals surface area contributed by atoms with E-state index in [9.17, 15) is 0 Å². The quantitative estimate of drug-likeness (QED) is 0.342. The molecule has 0 fully saturated rings. The van der Waals surface area contributed by atoms with Crippen molar-refractivity contribution in [2.75, 3.05) is 14.1 Å². The fourth-order valence-corrected chi connectivity index (χ4v) is 0.456. The van der Waals surface area contributed by atoms with Crippen LogP contribution in [-0.2, 0) is 0 Å². The number of nitrogens with one attached hydrogen (secondary N) is 1. The number of aliphatic imine (C=N–C) groups is 1. The summed E-state index contributed by atoms with van der Waals surface area (Å²) in [6.45, 7) is 1.95. The smallest absolute Gasteiger partial charge is 0.103 e. The van der Waals surface area contributed by atoms with Crippen molar-refractivity contribution >= 4 is 6.34 Å². The van der Waals surface area contributed by atoms with Gasteiger partial charge in [0.15, 0.2) is 0 Å². The Morgan fingerprint density at radius 1 is 1.56 bits per heavy atom. The van der Waals surface area contributed by atoms with Crippen molar-refractivity contribution in [1.29, 1.82) is 0 Å². The van der Waals surface area contributed by atoms with Crippen LogP contribution in [0.2, 0.25) is 0 Å². The van der Waals surface area contributed by atoms with Crippen molar-refractivity contribution in [2.45, 2.75) is 6.92 Å². The van der Waals surface area contributed by atoms with E-state index in [2.05, 4.69) is 10.4 Å². The number of hydrogen-bond donors (Lipinski definition) is 1. The first kappa shape index (κ1) is 8.17. The van der Waals surface area contributed by atoms with E-state index in [1.165, 1.54) is 0 Å². The van der Waals surface area contributed by atoms with Crippen LogP contribution in [0.1, 0.15) is 6.92 Å². The molecular weight excluding hydrogens is 114 g/mol. The van der Waals surface area contributed by atoms with E-state index < -0.39 is 0 Å². The van der Waals surface area contributed by atoms with Gasteiger partial charge in [-0.2, -0.15) is 0 Å². The highest BCUT2D eigenvalue weighted by molar-refractivity contribution is 5.55. The molecule has 0 spiro atoms. The molecule has 1 N–H and O–H groups in total. The molecule has 9 heavy (non-hydrogen) atoms. The minimum absolute atomic E-state index is 1.69. The zero-order valence-electron chi connectivity index (χ0n) is 6.13. The van der Waals surface area contributed by atoms with Gasteiger partial charge >= 0.3 is 0 Å². The van der Waals surface area contributed by atoms with E-state index in [1.54, 1.807) is 18.4 Å². The molecule has 0 aliphatic carbocycles. The highest BCUT2D eigenvalue weighted by Crippen LogP contribution is 1.76. The molecule has 0 heterocycles. The molecule has 0 aromatic heterocycles. The zero-order valence-corrected chi connectivity index (χ0v) is 6.13. The molecule has 0 saturated heterocycles. The number of hydrogen-bond acceptors (Lipinski definition) is 2. The molecule has 0 aliphatic rings. The molecule has 0 unspecified atom stereocenters. The van der Waals surface area contributed by atoms with Gasteiger partial charge in [-0.05, 0) is 6.92 Å². The van der Waals surface area contributed by atoms with Gasteiger partial charge in [0, 0.05) is 20.3 Å². The van der Waals surface area contributed by atoms with Gasteiger partial charge in [-0.15, -0.1) is 0 Å². The van der Waals surface area contributed by atoms with Crippen molar-refractivity contribution in [1.82, 2.24) is 10.4 Å². The number of hydrazine groups is 1. The zero-order chi connectivity index (χ0) is 7.11. The summed E-state index contributed by atoms with van der Waals surface area (Å²) in [5.41, 5.74) is 2.90. The van der Waals surface area contributed by atoms with Crippen LogP contribution in [-0.4, -0.2) is 25.4 Å². The highest BCUT2D eigenvalue weighted by Gasteiger charge is 1.82. The van der Waals surface area contributed by atoms with Gasteiger partial charge in [-0.1, -0.05) is 6.08 Å². The summed E-state index contributed by atoms with van der Waals surface area (Å²) in [7, 11) is 3.56. The van der Waals surface area contributed by atoms with Gasteiger partial charge < -0.3 is 0 Å². The predicted molar refractivity (Wildman–Crippen MR) is 40.1 cm³/mol. The molecule has 0 bridgehead atoms. The SMILES string of the molecule is CC=CN(C=NC)NC. The van der Waals surface area contributed by atoms with Gasteiger partial charge in [-0.3, -0.25) is 10.0 Å². The van der Waals surface area contributed by atoms with E-state index >= 15 is 0 Å². The summed E-state index contributed by atoms with van der Waals surface area (Å²) >= 11 is 0. The Hall–Kier alpha value is -0.830. The van der Waals surface area contributed by atoms with Gasteiger partial charge in [0.05, 0.1) is 0 Å². The van der Waals surface area contributed by atoms with Crippen LogP contribution in [0.25, 0.3) is 0 Å². The Kier molecular flexibility index (Phi) is 4.82. The summed E-state index contributed by atoms with van der Waals surface area (Å²) in [5, 5.41) is 1.76. The molecule has 0 aromatic rings. The van der Waals surface area contributed by atoms with Gasteiger partial charge in [0.25, 0.3) is 0 Å². The molecule has 0 aliphatic heterocycles. The van der Waals surface area contributed by atoms with Crippen LogP contribution >= 0.6 is 0 Å². The minimum atomic E-state index is 1.69. The third-order valence-electron chi connectivity index (χ3n) is 0.808. The lowest BCUT2D eigenvalue weighted by Gasteiger charge is -2.10. The van der Waals surface area contributed by atoms with Crippen LogP contribution in [0, 0.1) is 0 Å². The lowest BCUT2D eigenvalue weighted by atomic mass is 10.7. The normalized spacial score (nSPS) is 11.4. The Balaban J connectivity index is 3.68. The molecule has 3 nitrogen and oxygen atoms in total. The summed E-state index contributed by atoms with van der Waals surface area (Å²) in [4.78, 5) is 3.81. The second kappa shape index (κ2) is 5.31. The summed E-state index contributed by atoms with van der Waals surface area (Å²) in [6, 6.07) is 0. The average molecular weight is 127 g/mol. The van der Waals surface area contributed by atoms with Crippen LogP contribution in [0.3, 0.4) is 0 Å². The second-order valence-corrected chi connectivity index (χ2v) is 1.49. The van der Waals surface area contributed by atoms with E-state index in [0.717, 1.165) is 0 Å². The van der Waals surface area contributed by atoms with Gasteiger partial charge in [0.1, 0.15) is 6.34 Å². The Morgan fingerprint density at radius 2 is 2.22 bits per heavy atom. The molecule has 52 valence electrons. The van der Waals surface area contributed by atoms with E-state index in [-0.39, 0.29) is 0 Å². The Morgan fingerprint density at radius 3 is 2.56 bits per heavy atom. The summed E-state index contributed by atoms with van der Waals surface area (Å²) < 4.78 is 0. The second-order valence-electron chi connectivity index (χ2n) is 1.49. The maximum atomic E-state index is 3.81. The maximum absolute atomic E-state index is 3.81. The molecular formula is C6H13N3. The lowest BCUT2D eigenvalue weighted by Crippen LogP contribution is -2.27.